The number of amides is 1. The number of carbonyl (C=O) groups is 1. The van der Waals surface area contributed by atoms with E-state index in [-0.39, 0.29) is 5.91 Å². The summed E-state index contributed by atoms with van der Waals surface area (Å²) in [6.45, 7) is 5.75. The number of rotatable bonds is 10. The third-order valence-corrected chi connectivity index (χ3v) is 4.30. The maximum atomic E-state index is 11.9. The van der Waals surface area contributed by atoms with Crippen LogP contribution in [0.3, 0.4) is 0 Å². The molecule has 1 aromatic heterocycles. The van der Waals surface area contributed by atoms with Crippen molar-refractivity contribution in [1.82, 2.24) is 5.32 Å². The molecule has 24 heavy (non-hydrogen) atoms. The number of hydrogen-bond acceptors (Lipinski definition) is 4. The third kappa shape index (κ3) is 5.89. The highest BCUT2D eigenvalue weighted by molar-refractivity contribution is 7.07. The fourth-order valence-electron chi connectivity index (χ4n) is 2.38. The first-order valence-corrected chi connectivity index (χ1v) is 9.33. The number of carbonyl (C=O) groups excluding carboxylic acids is 1. The standard InChI is InChI=1S/C19H25NO3S/c1-3-22-17-7-5-15(13-18(17)23-4-2)9-11-20-19(21)8-6-16-10-12-24-14-16/h5,7,10,12-14H,3-4,6,8-9,11H2,1-2H3,(H,20,21). The second-order valence-electron chi connectivity index (χ2n) is 5.38. The van der Waals surface area contributed by atoms with E-state index in [4.69, 9.17) is 9.47 Å². The predicted octanol–water partition coefficient (Wildman–Crippen LogP) is 3.84. The van der Waals surface area contributed by atoms with Gasteiger partial charge in [0.1, 0.15) is 0 Å². The van der Waals surface area contributed by atoms with Gasteiger partial charge in [-0.25, -0.2) is 0 Å². The minimum Gasteiger partial charge on any atom is -0.490 e. The van der Waals surface area contributed by atoms with Gasteiger partial charge >= 0.3 is 0 Å². The largest absolute Gasteiger partial charge is 0.490 e. The van der Waals surface area contributed by atoms with Gasteiger partial charge in [0.25, 0.3) is 0 Å². The van der Waals surface area contributed by atoms with Crippen LogP contribution >= 0.6 is 11.3 Å². The van der Waals surface area contributed by atoms with Crippen molar-refractivity contribution in [3.8, 4) is 11.5 Å². The molecule has 0 aliphatic heterocycles. The van der Waals surface area contributed by atoms with Crippen LogP contribution < -0.4 is 14.8 Å². The summed E-state index contributed by atoms with van der Waals surface area (Å²) in [5, 5.41) is 7.10. The molecule has 1 N–H and O–H groups in total. The highest BCUT2D eigenvalue weighted by atomic mass is 32.1. The van der Waals surface area contributed by atoms with E-state index in [2.05, 4.69) is 16.8 Å². The summed E-state index contributed by atoms with van der Waals surface area (Å²) in [7, 11) is 0. The normalized spacial score (nSPS) is 10.4. The molecule has 130 valence electrons. The van der Waals surface area contributed by atoms with E-state index < -0.39 is 0 Å². The molecule has 0 saturated heterocycles. The maximum Gasteiger partial charge on any atom is 0.220 e. The average Bonchev–Trinajstić information content (AvgIpc) is 3.09. The van der Waals surface area contributed by atoms with E-state index in [0.29, 0.717) is 26.2 Å². The van der Waals surface area contributed by atoms with Crippen molar-refractivity contribution in [2.75, 3.05) is 19.8 Å². The van der Waals surface area contributed by atoms with Gasteiger partial charge in [-0.15, -0.1) is 0 Å². The molecule has 0 atom stereocenters. The van der Waals surface area contributed by atoms with Crippen molar-refractivity contribution in [1.29, 1.82) is 0 Å². The van der Waals surface area contributed by atoms with Crippen LogP contribution in [0.25, 0.3) is 0 Å². The third-order valence-electron chi connectivity index (χ3n) is 3.56. The van der Waals surface area contributed by atoms with Gasteiger partial charge in [-0.3, -0.25) is 4.79 Å². The molecule has 1 aromatic carbocycles. The van der Waals surface area contributed by atoms with Gasteiger partial charge < -0.3 is 14.8 Å². The Labute approximate surface area is 147 Å². The minimum atomic E-state index is 0.0946. The minimum absolute atomic E-state index is 0.0946. The number of nitrogens with one attached hydrogen (secondary N) is 1. The summed E-state index contributed by atoms with van der Waals surface area (Å²) in [5.74, 6) is 1.63. The van der Waals surface area contributed by atoms with Crippen LogP contribution in [0, 0.1) is 0 Å². The lowest BCUT2D eigenvalue weighted by atomic mass is 10.1. The van der Waals surface area contributed by atoms with E-state index >= 15 is 0 Å². The zero-order chi connectivity index (χ0) is 17.2. The van der Waals surface area contributed by atoms with Crippen LogP contribution in [0.1, 0.15) is 31.4 Å². The van der Waals surface area contributed by atoms with Crippen molar-refractivity contribution in [3.63, 3.8) is 0 Å². The highest BCUT2D eigenvalue weighted by Crippen LogP contribution is 2.28. The Morgan fingerprint density at radius 2 is 1.83 bits per heavy atom. The number of hydrogen-bond donors (Lipinski definition) is 1. The summed E-state index contributed by atoms with van der Waals surface area (Å²) in [4.78, 5) is 11.9. The zero-order valence-electron chi connectivity index (χ0n) is 14.3. The van der Waals surface area contributed by atoms with Crippen LogP contribution in [0.5, 0.6) is 11.5 Å². The van der Waals surface area contributed by atoms with Crippen LogP contribution in [0.2, 0.25) is 0 Å². The molecule has 5 heteroatoms. The molecule has 0 aliphatic rings. The summed E-state index contributed by atoms with van der Waals surface area (Å²) in [5.41, 5.74) is 2.35. The molecule has 0 bridgehead atoms. The van der Waals surface area contributed by atoms with Crippen LogP contribution in [-0.4, -0.2) is 25.7 Å². The van der Waals surface area contributed by atoms with E-state index in [9.17, 15) is 4.79 Å². The number of aryl methyl sites for hydroxylation is 1. The maximum absolute atomic E-state index is 11.9. The highest BCUT2D eigenvalue weighted by Gasteiger charge is 2.07. The van der Waals surface area contributed by atoms with Crippen LogP contribution in [0.15, 0.2) is 35.0 Å². The fraction of sp³-hybridized carbons (Fsp3) is 0.421. The first-order chi connectivity index (χ1) is 11.7. The number of thiophene rings is 1. The van der Waals surface area contributed by atoms with Crippen molar-refractivity contribution in [2.45, 2.75) is 33.1 Å². The molecule has 0 saturated carbocycles. The molecule has 0 unspecified atom stereocenters. The smallest absolute Gasteiger partial charge is 0.220 e. The molecule has 0 spiro atoms. The lowest BCUT2D eigenvalue weighted by Gasteiger charge is -2.12. The van der Waals surface area contributed by atoms with Crippen molar-refractivity contribution < 1.29 is 14.3 Å². The Morgan fingerprint density at radius 3 is 2.54 bits per heavy atom. The van der Waals surface area contributed by atoms with Crippen molar-refractivity contribution in [2.24, 2.45) is 0 Å². The number of benzene rings is 1. The molecule has 0 fully saturated rings. The predicted molar refractivity (Wildman–Crippen MR) is 98.1 cm³/mol. The summed E-state index contributed by atoms with van der Waals surface area (Å²) < 4.78 is 11.2. The average molecular weight is 347 g/mol. The lowest BCUT2D eigenvalue weighted by Crippen LogP contribution is -2.25. The van der Waals surface area contributed by atoms with Gasteiger partial charge in [-0.05, 0) is 66.8 Å². The Morgan fingerprint density at radius 1 is 1.04 bits per heavy atom. The molecule has 1 heterocycles. The molecule has 0 aliphatic carbocycles. The van der Waals surface area contributed by atoms with Crippen molar-refractivity contribution >= 4 is 17.2 Å². The zero-order valence-corrected chi connectivity index (χ0v) is 15.2. The van der Waals surface area contributed by atoms with E-state index in [0.717, 1.165) is 29.9 Å². The molecule has 2 rings (SSSR count). The van der Waals surface area contributed by atoms with Gasteiger partial charge in [-0.2, -0.15) is 11.3 Å². The monoisotopic (exact) mass is 347 g/mol. The van der Waals surface area contributed by atoms with Gasteiger partial charge in [0.15, 0.2) is 11.5 Å². The summed E-state index contributed by atoms with van der Waals surface area (Å²) in [6.07, 6.45) is 2.10. The van der Waals surface area contributed by atoms with E-state index in [1.807, 2.05) is 37.4 Å². The van der Waals surface area contributed by atoms with E-state index in [1.165, 1.54) is 5.56 Å². The quantitative estimate of drug-likeness (QED) is 0.710. The van der Waals surface area contributed by atoms with E-state index in [1.54, 1.807) is 11.3 Å². The van der Waals surface area contributed by atoms with Gasteiger partial charge in [0, 0.05) is 13.0 Å². The summed E-state index contributed by atoms with van der Waals surface area (Å²) in [6, 6.07) is 8.01. The molecular formula is C19H25NO3S. The Bertz CT molecular complexity index is 626. The lowest BCUT2D eigenvalue weighted by molar-refractivity contribution is -0.121. The second-order valence-corrected chi connectivity index (χ2v) is 6.16. The SMILES string of the molecule is CCOc1ccc(CCNC(=O)CCc2ccsc2)cc1OCC. The first kappa shape index (κ1) is 18.3. The molecule has 2 aromatic rings. The number of ether oxygens (including phenoxy) is 2. The Balaban J connectivity index is 1.78. The fourth-order valence-corrected chi connectivity index (χ4v) is 3.08. The Hall–Kier alpha value is -2.01. The van der Waals surface area contributed by atoms with Gasteiger partial charge in [0.05, 0.1) is 13.2 Å². The molecule has 4 nitrogen and oxygen atoms in total. The Kier molecular flexibility index (Phi) is 7.62. The summed E-state index contributed by atoms with van der Waals surface area (Å²) >= 11 is 1.66. The van der Waals surface area contributed by atoms with Gasteiger partial charge in [-0.1, -0.05) is 6.07 Å². The topological polar surface area (TPSA) is 47.6 Å². The van der Waals surface area contributed by atoms with Crippen LogP contribution in [-0.2, 0) is 17.6 Å². The van der Waals surface area contributed by atoms with Gasteiger partial charge in [0.2, 0.25) is 5.91 Å². The second kappa shape index (κ2) is 9.98. The van der Waals surface area contributed by atoms with Crippen LogP contribution in [0.4, 0.5) is 0 Å². The molecule has 1 amide bonds. The molecular weight excluding hydrogens is 322 g/mol. The van der Waals surface area contributed by atoms with Crippen molar-refractivity contribution in [3.05, 3.63) is 46.2 Å². The first-order valence-electron chi connectivity index (χ1n) is 8.39. The molecule has 0 radical (unpaired) electrons.